The first-order chi connectivity index (χ1) is 13.0. The number of nitrogens with zero attached hydrogens (tertiary/aromatic N) is 2. The first-order valence-corrected chi connectivity index (χ1v) is 10.1. The van der Waals surface area contributed by atoms with E-state index < -0.39 is 0 Å². The molecule has 2 aliphatic heterocycles. The number of carbonyl (C=O) groups excluding carboxylic acids is 1. The van der Waals surface area contributed by atoms with Crippen molar-refractivity contribution in [2.45, 2.75) is 44.2 Å². The van der Waals surface area contributed by atoms with E-state index in [2.05, 4.69) is 34.4 Å². The number of fused-ring (bicyclic) bond motifs is 3. The van der Waals surface area contributed by atoms with Crippen LogP contribution in [-0.2, 0) is 0 Å². The highest BCUT2D eigenvalue weighted by atomic mass is 35.5. The maximum Gasteiger partial charge on any atom is 0.253 e. The summed E-state index contributed by atoms with van der Waals surface area (Å²) in [5.74, 6) is 0.671. The number of hydrogen-bond donors (Lipinski definition) is 1. The summed E-state index contributed by atoms with van der Waals surface area (Å²) in [5.41, 5.74) is 2.43. The lowest BCUT2D eigenvalue weighted by atomic mass is 9.66. The molecule has 1 saturated carbocycles. The summed E-state index contributed by atoms with van der Waals surface area (Å²) in [6.07, 6.45) is 7.91. The molecule has 2 aromatic rings. The van der Waals surface area contributed by atoms with Crippen LogP contribution in [0.2, 0.25) is 5.02 Å². The summed E-state index contributed by atoms with van der Waals surface area (Å²) in [5, 5.41) is 3.76. The van der Waals surface area contributed by atoms with Gasteiger partial charge in [-0.25, -0.2) is 0 Å². The second-order valence-corrected chi connectivity index (χ2v) is 8.47. The molecule has 1 unspecified atom stereocenters. The van der Waals surface area contributed by atoms with Crippen LogP contribution >= 0.6 is 11.6 Å². The Balaban J connectivity index is 1.72. The van der Waals surface area contributed by atoms with Crippen LogP contribution in [0.15, 0.2) is 42.7 Å². The Labute approximate surface area is 165 Å². The summed E-state index contributed by atoms with van der Waals surface area (Å²) >= 11 is 6.31. The van der Waals surface area contributed by atoms with Crippen LogP contribution in [0.3, 0.4) is 0 Å². The molecule has 5 heteroatoms. The number of rotatable bonds is 4. The predicted molar refractivity (Wildman–Crippen MR) is 108 cm³/mol. The van der Waals surface area contributed by atoms with Crippen molar-refractivity contribution < 1.29 is 4.79 Å². The zero-order valence-electron chi connectivity index (χ0n) is 15.9. The smallest absolute Gasteiger partial charge is 0.253 e. The molecule has 1 N–H and O–H groups in total. The molecule has 2 saturated heterocycles. The number of amides is 1. The van der Waals surface area contributed by atoms with E-state index in [0.29, 0.717) is 10.6 Å². The highest BCUT2D eigenvalue weighted by Crippen LogP contribution is 2.49. The molecule has 2 bridgehead atoms. The third kappa shape index (κ3) is 3.26. The lowest BCUT2D eigenvalue weighted by molar-refractivity contribution is -0.0404. The first kappa shape index (κ1) is 18.5. The van der Waals surface area contributed by atoms with Crippen molar-refractivity contribution in [1.29, 1.82) is 0 Å². The van der Waals surface area contributed by atoms with Crippen LogP contribution in [0.4, 0.5) is 0 Å². The predicted octanol–water partition coefficient (Wildman–Crippen LogP) is 4.39. The molecule has 1 atom stereocenters. The lowest BCUT2D eigenvalue weighted by Crippen LogP contribution is -2.62. The first-order valence-electron chi connectivity index (χ1n) is 9.68. The van der Waals surface area contributed by atoms with Crippen molar-refractivity contribution in [3.63, 3.8) is 0 Å². The minimum atomic E-state index is -0.121. The SMILES string of the molecule is Cc1cncc(Cl)c1C(=O)NC(c1ccccc1)C12CCC(CC1)CN2C. The number of halogens is 1. The molecule has 1 amide bonds. The highest BCUT2D eigenvalue weighted by Gasteiger charge is 2.50. The summed E-state index contributed by atoms with van der Waals surface area (Å²) in [6.45, 7) is 2.98. The number of aromatic nitrogens is 1. The summed E-state index contributed by atoms with van der Waals surface area (Å²) in [4.78, 5) is 19.8. The molecule has 5 rings (SSSR count). The Morgan fingerprint density at radius 2 is 1.96 bits per heavy atom. The standard InChI is InChI=1S/C22H26ClN3O/c1-15-12-24-13-18(23)19(15)21(27)25-20(17-6-4-3-5-7-17)22-10-8-16(9-11-22)14-26(22)2/h3-7,12-13,16,20H,8-11,14H2,1-2H3,(H,25,27). The highest BCUT2D eigenvalue weighted by molar-refractivity contribution is 6.33. The van der Waals surface area contributed by atoms with Crippen molar-refractivity contribution in [2.75, 3.05) is 13.6 Å². The van der Waals surface area contributed by atoms with Gasteiger partial charge in [0.1, 0.15) is 0 Å². The maximum atomic E-state index is 13.2. The van der Waals surface area contributed by atoms with E-state index >= 15 is 0 Å². The normalized spacial score (nSPS) is 26.0. The van der Waals surface area contributed by atoms with Crippen molar-refractivity contribution in [3.05, 3.63) is 64.4 Å². The van der Waals surface area contributed by atoms with Crippen LogP contribution in [0.1, 0.15) is 53.2 Å². The molecule has 27 heavy (non-hydrogen) atoms. The number of carbonyl (C=O) groups is 1. The quantitative estimate of drug-likeness (QED) is 0.851. The van der Waals surface area contributed by atoms with E-state index in [1.54, 1.807) is 6.20 Å². The Kier molecular flexibility index (Phi) is 4.95. The number of nitrogens with one attached hydrogen (secondary N) is 1. The van der Waals surface area contributed by atoms with Crippen LogP contribution in [0.25, 0.3) is 0 Å². The Hall–Kier alpha value is -1.91. The molecule has 1 aromatic heterocycles. The third-order valence-corrected chi connectivity index (χ3v) is 6.81. The fraction of sp³-hybridized carbons (Fsp3) is 0.455. The van der Waals surface area contributed by atoms with Crippen LogP contribution in [-0.4, -0.2) is 34.9 Å². The minimum Gasteiger partial charge on any atom is -0.343 e. The zero-order chi connectivity index (χ0) is 19.0. The number of hydrogen-bond acceptors (Lipinski definition) is 3. The van der Waals surface area contributed by atoms with Gasteiger partial charge in [-0.1, -0.05) is 41.9 Å². The van der Waals surface area contributed by atoms with Crippen LogP contribution in [0.5, 0.6) is 0 Å². The maximum absolute atomic E-state index is 13.2. The van der Waals surface area contributed by atoms with Crippen molar-refractivity contribution in [3.8, 4) is 0 Å². The third-order valence-electron chi connectivity index (χ3n) is 6.53. The van der Waals surface area contributed by atoms with Crippen molar-refractivity contribution >= 4 is 17.5 Å². The lowest BCUT2D eigenvalue weighted by Gasteiger charge is -2.57. The van der Waals surface area contributed by atoms with E-state index in [9.17, 15) is 4.79 Å². The zero-order valence-corrected chi connectivity index (χ0v) is 16.7. The molecule has 0 spiro atoms. The monoisotopic (exact) mass is 383 g/mol. The van der Waals surface area contributed by atoms with E-state index in [4.69, 9.17) is 11.6 Å². The fourth-order valence-corrected chi connectivity index (χ4v) is 5.31. The molecular formula is C22H26ClN3O. The molecule has 3 fully saturated rings. The molecule has 1 aromatic carbocycles. The van der Waals surface area contributed by atoms with E-state index in [-0.39, 0.29) is 17.5 Å². The number of piperidine rings is 2. The van der Waals surface area contributed by atoms with Gasteiger partial charge < -0.3 is 5.32 Å². The minimum absolute atomic E-state index is 0.0425. The summed E-state index contributed by atoms with van der Waals surface area (Å²) in [7, 11) is 2.21. The van der Waals surface area contributed by atoms with Gasteiger partial charge >= 0.3 is 0 Å². The number of pyridine rings is 1. The van der Waals surface area contributed by atoms with Gasteiger partial charge in [0.05, 0.1) is 16.6 Å². The molecule has 1 aliphatic carbocycles. The van der Waals surface area contributed by atoms with E-state index in [0.717, 1.165) is 36.4 Å². The largest absolute Gasteiger partial charge is 0.343 e. The van der Waals surface area contributed by atoms with Gasteiger partial charge in [-0.15, -0.1) is 0 Å². The molecule has 3 heterocycles. The Morgan fingerprint density at radius 3 is 2.59 bits per heavy atom. The van der Waals surface area contributed by atoms with Gasteiger partial charge in [0.2, 0.25) is 0 Å². The summed E-state index contributed by atoms with van der Waals surface area (Å²) in [6, 6.07) is 10.3. The molecular weight excluding hydrogens is 358 g/mol. The van der Waals surface area contributed by atoms with Gasteiger partial charge in [-0.3, -0.25) is 14.7 Å². The van der Waals surface area contributed by atoms with E-state index in [1.165, 1.54) is 19.0 Å². The molecule has 3 aliphatic rings. The Bertz CT molecular complexity index is 810. The number of benzene rings is 1. The average molecular weight is 384 g/mol. The summed E-state index contributed by atoms with van der Waals surface area (Å²) < 4.78 is 0. The van der Waals surface area contributed by atoms with Gasteiger partial charge in [0, 0.05) is 24.5 Å². The second kappa shape index (κ2) is 7.25. The van der Waals surface area contributed by atoms with Crippen molar-refractivity contribution in [1.82, 2.24) is 15.2 Å². The fourth-order valence-electron chi connectivity index (χ4n) is 5.02. The molecule has 142 valence electrons. The second-order valence-electron chi connectivity index (χ2n) is 8.06. The molecule has 0 radical (unpaired) electrons. The van der Waals surface area contributed by atoms with Gasteiger partial charge in [-0.2, -0.15) is 0 Å². The van der Waals surface area contributed by atoms with Gasteiger partial charge in [0.15, 0.2) is 0 Å². The Morgan fingerprint density at radius 1 is 1.26 bits per heavy atom. The number of likely N-dealkylation sites (N-methyl/N-ethyl adjacent to an activating group) is 1. The topological polar surface area (TPSA) is 45.2 Å². The van der Waals surface area contributed by atoms with Gasteiger partial charge in [-0.05, 0) is 56.7 Å². The van der Waals surface area contributed by atoms with E-state index in [1.807, 2.05) is 25.1 Å². The number of aryl methyl sites for hydroxylation is 1. The average Bonchev–Trinajstić information content (AvgIpc) is 2.67. The van der Waals surface area contributed by atoms with Crippen LogP contribution < -0.4 is 5.32 Å². The van der Waals surface area contributed by atoms with Gasteiger partial charge in [0.25, 0.3) is 5.91 Å². The van der Waals surface area contributed by atoms with Crippen molar-refractivity contribution in [2.24, 2.45) is 5.92 Å². The van der Waals surface area contributed by atoms with Crippen LogP contribution in [0, 0.1) is 12.8 Å². The molecule has 4 nitrogen and oxygen atoms in total.